The van der Waals surface area contributed by atoms with Crippen molar-refractivity contribution >= 4 is 45.5 Å². The summed E-state index contributed by atoms with van der Waals surface area (Å²) in [6.45, 7) is 1.76. The minimum Gasteiger partial charge on any atom is -0.507 e. The van der Waals surface area contributed by atoms with Crippen molar-refractivity contribution in [1.82, 2.24) is 10.2 Å². The Labute approximate surface area is 181 Å². The second kappa shape index (κ2) is 7.89. The van der Waals surface area contributed by atoms with Crippen molar-refractivity contribution in [2.75, 3.05) is 12.0 Å². The first-order chi connectivity index (χ1) is 14.4. The van der Waals surface area contributed by atoms with Crippen LogP contribution in [0.5, 0.6) is 5.75 Å². The zero-order valence-electron chi connectivity index (χ0n) is 16.0. The molecule has 1 amide bonds. The van der Waals surface area contributed by atoms with Gasteiger partial charge in [-0.25, -0.2) is 0 Å². The van der Waals surface area contributed by atoms with Gasteiger partial charge in [-0.2, -0.15) is 0 Å². The van der Waals surface area contributed by atoms with E-state index in [0.29, 0.717) is 21.3 Å². The van der Waals surface area contributed by atoms with E-state index >= 15 is 0 Å². The van der Waals surface area contributed by atoms with E-state index in [1.165, 1.54) is 29.4 Å². The van der Waals surface area contributed by atoms with Crippen molar-refractivity contribution in [3.8, 4) is 5.75 Å². The minimum absolute atomic E-state index is 0.0698. The zero-order chi connectivity index (χ0) is 21.4. The van der Waals surface area contributed by atoms with Crippen LogP contribution >= 0.6 is 22.9 Å². The standard InChI is InChI=1S/C21H16ClN3O4S/c1-11-23-24-21(30-11)25-17(12-6-4-3-5-7-12)16(19(27)20(25)28)18(26)14-10-13(22)8-9-15(14)29-2/h3-10,17,26H,1-2H3/t17-/m0/s1. The third kappa shape index (κ3) is 3.34. The summed E-state index contributed by atoms with van der Waals surface area (Å²) < 4.78 is 5.32. The summed E-state index contributed by atoms with van der Waals surface area (Å²) in [5, 5.41) is 20.4. The Kier molecular flexibility index (Phi) is 5.27. The summed E-state index contributed by atoms with van der Waals surface area (Å²) in [5.74, 6) is -1.66. The molecule has 1 atom stereocenters. The number of hydrogen-bond acceptors (Lipinski definition) is 7. The number of halogens is 1. The van der Waals surface area contributed by atoms with Crippen LogP contribution in [0.3, 0.4) is 0 Å². The molecule has 1 saturated heterocycles. The van der Waals surface area contributed by atoms with Crippen LogP contribution < -0.4 is 9.64 Å². The number of carbonyl (C=O) groups excluding carboxylic acids is 2. The molecule has 0 bridgehead atoms. The lowest BCUT2D eigenvalue weighted by atomic mass is 9.95. The fourth-order valence-electron chi connectivity index (χ4n) is 3.37. The van der Waals surface area contributed by atoms with Gasteiger partial charge in [0.15, 0.2) is 0 Å². The van der Waals surface area contributed by atoms with Crippen molar-refractivity contribution in [3.63, 3.8) is 0 Å². The number of ether oxygens (including phenoxy) is 1. The number of hydrogen-bond donors (Lipinski definition) is 1. The fraction of sp³-hybridized carbons (Fsp3) is 0.143. The zero-order valence-corrected chi connectivity index (χ0v) is 17.6. The number of rotatable bonds is 4. The van der Waals surface area contributed by atoms with Gasteiger partial charge >= 0.3 is 5.91 Å². The summed E-state index contributed by atoms with van der Waals surface area (Å²) in [5.41, 5.74) is 0.795. The Bertz CT molecular complexity index is 1180. The largest absolute Gasteiger partial charge is 0.507 e. The smallest absolute Gasteiger partial charge is 0.301 e. The average Bonchev–Trinajstić information content (AvgIpc) is 3.29. The first-order valence-corrected chi connectivity index (χ1v) is 10.1. The van der Waals surface area contributed by atoms with Crippen LogP contribution in [0.2, 0.25) is 5.02 Å². The van der Waals surface area contributed by atoms with Gasteiger partial charge in [-0.05, 0) is 30.7 Å². The molecule has 0 spiro atoms. The van der Waals surface area contributed by atoms with Crippen LogP contribution in [-0.4, -0.2) is 34.1 Å². The maximum Gasteiger partial charge on any atom is 0.301 e. The molecule has 7 nitrogen and oxygen atoms in total. The molecule has 1 fully saturated rings. The van der Waals surface area contributed by atoms with Gasteiger partial charge in [-0.15, -0.1) is 10.2 Å². The Morgan fingerprint density at radius 3 is 2.53 bits per heavy atom. The molecule has 0 radical (unpaired) electrons. The molecule has 0 aliphatic carbocycles. The lowest BCUT2D eigenvalue weighted by molar-refractivity contribution is -0.132. The maximum absolute atomic E-state index is 13.1. The molecule has 2 aromatic carbocycles. The van der Waals surface area contributed by atoms with Gasteiger partial charge in [0.2, 0.25) is 5.13 Å². The van der Waals surface area contributed by atoms with Crippen LogP contribution in [0.15, 0.2) is 54.1 Å². The van der Waals surface area contributed by atoms with Gasteiger partial charge in [0.25, 0.3) is 5.78 Å². The highest BCUT2D eigenvalue weighted by atomic mass is 35.5. The lowest BCUT2D eigenvalue weighted by Gasteiger charge is -2.22. The summed E-state index contributed by atoms with van der Waals surface area (Å²) >= 11 is 7.29. The average molecular weight is 442 g/mol. The third-order valence-electron chi connectivity index (χ3n) is 4.70. The summed E-state index contributed by atoms with van der Waals surface area (Å²) in [6.07, 6.45) is 0. The molecule has 1 aliphatic rings. The molecule has 1 N–H and O–H groups in total. The predicted octanol–water partition coefficient (Wildman–Crippen LogP) is 4.13. The molecule has 2 heterocycles. The van der Waals surface area contributed by atoms with Gasteiger partial charge in [0.1, 0.15) is 16.5 Å². The molecule has 0 saturated carbocycles. The SMILES string of the molecule is COc1ccc(Cl)cc1C(O)=C1C(=O)C(=O)N(c2nnc(C)s2)[C@H]1c1ccccc1. The van der Waals surface area contributed by atoms with Crippen molar-refractivity contribution in [1.29, 1.82) is 0 Å². The highest BCUT2D eigenvalue weighted by Crippen LogP contribution is 2.44. The van der Waals surface area contributed by atoms with Gasteiger partial charge in [0.05, 0.1) is 24.3 Å². The van der Waals surface area contributed by atoms with E-state index in [1.54, 1.807) is 43.3 Å². The highest BCUT2D eigenvalue weighted by molar-refractivity contribution is 7.15. The number of benzene rings is 2. The third-order valence-corrected chi connectivity index (χ3v) is 5.77. The molecule has 4 rings (SSSR count). The van der Waals surface area contributed by atoms with Crippen LogP contribution in [0, 0.1) is 6.92 Å². The van der Waals surface area contributed by atoms with Gasteiger partial charge < -0.3 is 9.84 Å². The molecular formula is C21H16ClN3O4S. The van der Waals surface area contributed by atoms with Crippen LogP contribution in [0.4, 0.5) is 5.13 Å². The number of aliphatic hydroxyl groups excluding tert-OH is 1. The number of nitrogens with zero attached hydrogens (tertiary/aromatic N) is 3. The van der Waals surface area contributed by atoms with E-state index < -0.39 is 17.7 Å². The number of anilines is 1. The van der Waals surface area contributed by atoms with Crippen LogP contribution in [0.25, 0.3) is 5.76 Å². The Morgan fingerprint density at radius 2 is 1.90 bits per heavy atom. The van der Waals surface area contributed by atoms with E-state index in [4.69, 9.17) is 16.3 Å². The monoisotopic (exact) mass is 441 g/mol. The van der Waals surface area contributed by atoms with Crippen molar-refractivity contribution in [2.24, 2.45) is 0 Å². The number of carbonyl (C=O) groups is 2. The fourth-order valence-corrected chi connectivity index (χ4v) is 4.26. The number of aryl methyl sites for hydroxylation is 1. The highest BCUT2D eigenvalue weighted by Gasteiger charge is 2.48. The molecule has 0 unspecified atom stereocenters. The molecule has 152 valence electrons. The Balaban J connectivity index is 1.98. The molecule has 1 aromatic heterocycles. The lowest BCUT2D eigenvalue weighted by Crippen LogP contribution is -2.29. The number of aliphatic hydroxyl groups is 1. The van der Waals surface area contributed by atoms with Crippen LogP contribution in [-0.2, 0) is 9.59 Å². The molecule has 3 aromatic rings. The first-order valence-electron chi connectivity index (χ1n) is 8.92. The van der Waals surface area contributed by atoms with Crippen molar-refractivity contribution in [2.45, 2.75) is 13.0 Å². The second-order valence-corrected chi connectivity index (χ2v) is 8.12. The Morgan fingerprint density at radius 1 is 1.17 bits per heavy atom. The van der Waals surface area contributed by atoms with Crippen molar-refractivity contribution < 1.29 is 19.4 Å². The predicted molar refractivity (Wildman–Crippen MR) is 114 cm³/mol. The quantitative estimate of drug-likeness (QED) is 0.371. The summed E-state index contributed by atoms with van der Waals surface area (Å²) in [4.78, 5) is 27.3. The van der Waals surface area contributed by atoms with E-state index in [-0.39, 0.29) is 22.0 Å². The summed E-state index contributed by atoms with van der Waals surface area (Å²) in [6, 6.07) is 12.8. The van der Waals surface area contributed by atoms with Crippen molar-refractivity contribution in [3.05, 3.63) is 75.3 Å². The van der Waals surface area contributed by atoms with E-state index in [9.17, 15) is 14.7 Å². The molecule has 1 aliphatic heterocycles. The molecule has 30 heavy (non-hydrogen) atoms. The number of amides is 1. The molecular weight excluding hydrogens is 426 g/mol. The minimum atomic E-state index is -0.873. The van der Waals surface area contributed by atoms with Gasteiger partial charge in [0, 0.05) is 5.02 Å². The van der Waals surface area contributed by atoms with E-state index in [1.807, 2.05) is 6.07 Å². The molecule has 9 heteroatoms. The topological polar surface area (TPSA) is 92.6 Å². The number of aromatic nitrogens is 2. The number of ketones is 1. The Hall–Kier alpha value is -3.23. The number of Topliss-reactive ketones (excluding diaryl/α,β-unsaturated/α-hetero) is 1. The van der Waals surface area contributed by atoms with Gasteiger partial charge in [-0.3, -0.25) is 14.5 Å². The maximum atomic E-state index is 13.1. The van der Waals surface area contributed by atoms with E-state index in [2.05, 4.69) is 10.2 Å². The van der Waals surface area contributed by atoms with Gasteiger partial charge in [-0.1, -0.05) is 53.3 Å². The van der Waals surface area contributed by atoms with E-state index in [0.717, 1.165) is 0 Å². The normalized spacial score (nSPS) is 18.1. The number of methoxy groups -OCH3 is 1. The summed E-state index contributed by atoms with van der Waals surface area (Å²) in [7, 11) is 1.44. The first kappa shape index (κ1) is 20.1. The van der Waals surface area contributed by atoms with Crippen LogP contribution in [0.1, 0.15) is 22.2 Å². The second-order valence-electron chi connectivity index (χ2n) is 6.53.